The molecule has 4 aromatic rings. The van der Waals surface area contributed by atoms with Crippen molar-refractivity contribution in [2.45, 2.75) is 12.7 Å². The summed E-state index contributed by atoms with van der Waals surface area (Å²) in [5.74, 6) is -0.378. The SMILES string of the molecule is Cc1ccc(N(c2ccccc2)c2ccc(C=Cc3ccc(CS(=O)(=O)O)cc3)cc2)cc1. The van der Waals surface area contributed by atoms with Gasteiger partial charge in [0.1, 0.15) is 5.75 Å². The second-order valence-electron chi connectivity index (χ2n) is 7.90. The first-order valence-corrected chi connectivity index (χ1v) is 12.2. The fourth-order valence-electron chi connectivity index (χ4n) is 3.58. The Kier molecular flexibility index (Phi) is 6.73. The Hall–Kier alpha value is -3.67. The molecule has 4 aromatic carbocycles. The zero-order chi connectivity index (χ0) is 23.3. The van der Waals surface area contributed by atoms with Crippen LogP contribution in [-0.2, 0) is 15.9 Å². The molecule has 0 aromatic heterocycles. The van der Waals surface area contributed by atoms with Gasteiger partial charge in [0.15, 0.2) is 0 Å². The van der Waals surface area contributed by atoms with Crippen LogP contribution in [-0.4, -0.2) is 13.0 Å². The molecule has 0 aliphatic rings. The van der Waals surface area contributed by atoms with Crippen LogP contribution < -0.4 is 4.90 Å². The number of anilines is 3. The number of hydrogen-bond acceptors (Lipinski definition) is 3. The normalized spacial score (nSPS) is 11.6. The maximum Gasteiger partial charge on any atom is 0.269 e. The molecule has 166 valence electrons. The molecule has 1 N–H and O–H groups in total. The summed E-state index contributed by atoms with van der Waals surface area (Å²) in [5, 5.41) is 0. The number of aryl methyl sites for hydroxylation is 1. The summed E-state index contributed by atoms with van der Waals surface area (Å²) in [6.45, 7) is 2.08. The van der Waals surface area contributed by atoms with E-state index in [1.54, 1.807) is 12.1 Å². The molecule has 0 aliphatic carbocycles. The molecule has 0 amide bonds. The minimum absolute atomic E-state index is 0.378. The summed E-state index contributed by atoms with van der Waals surface area (Å²) in [7, 11) is -4.02. The molecule has 0 atom stereocenters. The summed E-state index contributed by atoms with van der Waals surface area (Å²) in [5.41, 5.74) is 7.03. The molecule has 33 heavy (non-hydrogen) atoms. The zero-order valence-electron chi connectivity index (χ0n) is 18.3. The Balaban J connectivity index is 1.55. The van der Waals surface area contributed by atoms with Gasteiger partial charge in [-0.25, -0.2) is 0 Å². The molecule has 0 fully saturated rings. The van der Waals surface area contributed by atoms with Crippen LogP contribution in [0.1, 0.15) is 22.3 Å². The van der Waals surface area contributed by atoms with Crippen molar-refractivity contribution >= 4 is 39.3 Å². The summed E-state index contributed by atoms with van der Waals surface area (Å²) in [6.07, 6.45) is 3.99. The van der Waals surface area contributed by atoms with Crippen molar-refractivity contribution < 1.29 is 13.0 Å². The Morgan fingerprint density at radius 3 is 1.64 bits per heavy atom. The highest BCUT2D eigenvalue weighted by atomic mass is 32.2. The minimum Gasteiger partial charge on any atom is -0.311 e. The first-order chi connectivity index (χ1) is 15.9. The van der Waals surface area contributed by atoms with Crippen LogP contribution in [0.25, 0.3) is 12.2 Å². The zero-order valence-corrected chi connectivity index (χ0v) is 19.1. The third-order valence-corrected chi connectivity index (χ3v) is 5.95. The van der Waals surface area contributed by atoms with Crippen LogP contribution in [0.15, 0.2) is 103 Å². The summed E-state index contributed by atoms with van der Waals surface area (Å²) in [6, 6.07) is 34.2. The molecular weight excluding hydrogens is 430 g/mol. The van der Waals surface area contributed by atoms with Crippen molar-refractivity contribution in [2.75, 3.05) is 4.90 Å². The maximum absolute atomic E-state index is 11.0. The summed E-state index contributed by atoms with van der Waals surface area (Å²) >= 11 is 0. The number of benzene rings is 4. The fraction of sp³-hybridized carbons (Fsp3) is 0.0714. The van der Waals surface area contributed by atoms with Gasteiger partial charge in [-0.1, -0.05) is 84.4 Å². The second kappa shape index (κ2) is 9.86. The predicted octanol–water partition coefficient (Wildman–Crippen LogP) is 7.02. The van der Waals surface area contributed by atoms with Crippen LogP contribution in [0, 0.1) is 6.92 Å². The van der Waals surface area contributed by atoms with Gasteiger partial charge in [0.05, 0.1) is 0 Å². The number of rotatable bonds is 7. The lowest BCUT2D eigenvalue weighted by Gasteiger charge is -2.25. The number of hydrogen-bond donors (Lipinski definition) is 1. The van der Waals surface area contributed by atoms with Gasteiger partial charge in [-0.2, -0.15) is 8.42 Å². The van der Waals surface area contributed by atoms with Gasteiger partial charge >= 0.3 is 0 Å². The van der Waals surface area contributed by atoms with Gasteiger partial charge in [-0.15, -0.1) is 0 Å². The lowest BCUT2D eigenvalue weighted by atomic mass is 10.1. The highest BCUT2D eigenvalue weighted by molar-refractivity contribution is 7.85. The highest BCUT2D eigenvalue weighted by Crippen LogP contribution is 2.34. The van der Waals surface area contributed by atoms with Crippen molar-refractivity contribution in [3.8, 4) is 0 Å². The Morgan fingerprint density at radius 1 is 0.667 bits per heavy atom. The lowest BCUT2D eigenvalue weighted by molar-refractivity contribution is 0.482. The quantitative estimate of drug-likeness (QED) is 0.240. The Labute approximate surface area is 195 Å². The van der Waals surface area contributed by atoms with E-state index in [0.717, 1.165) is 28.2 Å². The van der Waals surface area contributed by atoms with Gasteiger partial charge in [-0.3, -0.25) is 4.55 Å². The van der Waals surface area contributed by atoms with Crippen LogP contribution in [0.4, 0.5) is 17.1 Å². The highest BCUT2D eigenvalue weighted by Gasteiger charge is 2.11. The molecule has 0 saturated heterocycles. The van der Waals surface area contributed by atoms with Crippen LogP contribution in [0.5, 0.6) is 0 Å². The standard InChI is InChI=1S/C28H25NO3S/c1-22-7-17-27(18-8-22)29(26-5-3-2-4-6-26)28-19-15-24(16-20-28)10-9-23-11-13-25(14-12-23)21-33(30,31)32/h2-20H,21H2,1H3,(H,30,31,32). The van der Waals surface area contributed by atoms with Crippen molar-refractivity contribution in [1.29, 1.82) is 0 Å². The summed E-state index contributed by atoms with van der Waals surface area (Å²) in [4.78, 5) is 2.22. The molecule has 0 saturated carbocycles. The van der Waals surface area contributed by atoms with E-state index in [9.17, 15) is 8.42 Å². The Morgan fingerprint density at radius 2 is 1.12 bits per heavy atom. The first-order valence-electron chi connectivity index (χ1n) is 10.6. The van der Waals surface area contributed by atoms with E-state index in [4.69, 9.17) is 4.55 Å². The molecule has 0 radical (unpaired) electrons. The van der Waals surface area contributed by atoms with Crippen LogP contribution >= 0.6 is 0 Å². The molecular formula is C28H25NO3S. The van der Waals surface area contributed by atoms with Gasteiger partial charge in [0, 0.05) is 17.1 Å². The Bertz CT molecular complexity index is 1330. The average Bonchev–Trinajstić information content (AvgIpc) is 2.81. The molecule has 0 unspecified atom stereocenters. The van der Waals surface area contributed by atoms with E-state index < -0.39 is 10.1 Å². The van der Waals surface area contributed by atoms with E-state index in [1.807, 2.05) is 42.5 Å². The smallest absolute Gasteiger partial charge is 0.269 e. The van der Waals surface area contributed by atoms with Crippen molar-refractivity contribution in [1.82, 2.24) is 0 Å². The third kappa shape index (κ3) is 6.19. The minimum atomic E-state index is -4.02. The number of nitrogens with zero attached hydrogens (tertiary/aromatic N) is 1. The fourth-order valence-corrected chi connectivity index (χ4v) is 4.19. The van der Waals surface area contributed by atoms with Crippen molar-refractivity contribution in [3.05, 3.63) is 125 Å². The predicted molar refractivity (Wildman–Crippen MR) is 136 cm³/mol. The van der Waals surface area contributed by atoms with E-state index in [2.05, 4.69) is 72.5 Å². The van der Waals surface area contributed by atoms with Crippen LogP contribution in [0.3, 0.4) is 0 Å². The van der Waals surface area contributed by atoms with Crippen LogP contribution in [0.2, 0.25) is 0 Å². The molecule has 0 spiro atoms. The number of para-hydroxylation sites is 1. The van der Waals surface area contributed by atoms with E-state index in [-0.39, 0.29) is 5.75 Å². The first kappa shape index (κ1) is 22.5. The topological polar surface area (TPSA) is 57.6 Å². The second-order valence-corrected chi connectivity index (χ2v) is 9.35. The van der Waals surface area contributed by atoms with E-state index >= 15 is 0 Å². The van der Waals surface area contributed by atoms with Crippen molar-refractivity contribution in [3.63, 3.8) is 0 Å². The molecule has 0 aliphatic heterocycles. The van der Waals surface area contributed by atoms with E-state index in [1.165, 1.54) is 5.56 Å². The molecule has 5 heteroatoms. The lowest BCUT2D eigenvalue weighted by Crippen LogP contribution is -2.09. The van der Waals surface area contributed by atoms with E-state index in [0.29, 0.717) is 5.56 Å². The molecule has 0 bridgehead atoms. The molecule has 4 nitrogen and oxygen atoms in total. The van der Waals surface area contributed by atoms with Gasteiger partial charge in [0.25, 0.3) is 10.1 Å². The summed E-state index contributed by atoms with van der Waals surface area (Å²) < 4.78 is 31.0. The third-order valence-electron chi connectivity index (χ3n) is 5.25. The maximum atomic E-state index is 11.0. The van der Waals surface area contributed by atoms with Gasteiger partial charge in [-0.05, 0) is 60.0 Å². The van der Waals surface area contributed by atoms with Gasteiger partial charge in [0.2, 0.25) is 0 Å². The monoisotopic (exact) mass is 455 g/mol. The molecule has 4 rings (SSSR count). The largest absolute Gasteiger partial charge is 0.311 e. The average molecular weight is 456 g/mol. The van der Waals surface area contributed by atoms with Gasteiger partial charge < -0.3 is 4.90 Å². The molecule has 0 heterocycles. The van der Waals surface area contributed by atoms with Crippen molar-refractivity contribution in [2.24, 2.45) is 0 Å².